The van der Waals surface area contributed by atoms with Crippen LogP contribution >= 0.6 is 45.9 Å². The summed E-state index contributed by atoms with van der Waals surface area (Å²) in [6.45, 7) is 0. The van der Waals surface area contributed by atoms with Gasteiger partial charge < -0.3 is 5.32 Å². The molecule has 0 saturated heterocycles. The number of hydrogen-bond acceptors (Lipinski definition) is 7. The van der Waals surface area contributed by atoms with Crippen molar-refractivity contribution in [2.45, 2.75) is 0 Å². The monoisotopic (exact) mass is 584 g/mol. The molecule has 0 aliphatic carbocycles. The fourth-order valence-electron chi connectivity index (χ4n) is 3.61. The first kappa shape index (κ1) is 25.6. The number of anilines is 1. The first-order valence-corrected chi connectivity index (χ1v) is 13.2. The van der Waals surface area contributed by atoms with E-state index >= 15 is 0 Å². The number of carbonyl (C=O) groups is 3. The average molecular weight is 585 g/mol. The van der Waals surface area contributed by atoms with Crippen LogP contribution < -0.4 is 16.2 Å². The zero-order valence-electron chi connectivity index (χ0n) is 18.9. The Morgan fingerprint density at radius 3 is 2.03 bits per heavy atom. The zero-order valence-corrected chi connectivity index (χ0v) is 22.1. The highest BCUT2D eigenvalue weighted by Crippen LogP contribution is 2.37. The van der Waals surface area contributed by atoms with Crippen LogP contribution in [0.2, 0.25) is 10.0 Å². The van der Waals surface area contributed by atoms with E-state index in [0.29, 0.717) is 25.7 Å². The van der Waals surface area contributed by atoms with Gasteiger partial charge in [-0.2, -0.15) is 0 Å². The fraction of sp³-hybridized carbons (Fsp3) is 0. The molecule has 0 bridgehead atoms. The summed E-state index contributed by atoms with van der Waals surface area (Å²) in [7, 11) is 0. The van der Waals surface area contributed by atoms with Crippen molar-refractivity contribution < 1.29 is 19.3 Å². The van der Waals surface area contributed by atoms with Crippen molar-refractivity contribution in [1.29, 1.82) is 0 Å². The second kappa shape index (κ2) is 10.4. The molecule has 0 unspecified atom stereocenters. The molecule has 3 N–H and O–H groups in total. The molecule has 0 radical (unpaired) electrons. The molecule has 0 aliphatic heterocycles. The predicted molar refractivity (Wildman–Crippen MR) is 150 cm³/mol. The van der Waals surface area contributed by atoms with Gasteiger partial charge in [0.15, 0.2) is 0 Å². The van der Waals surface area contributed by atoms with Crippen molar-refractivity contribution in [2.24, 2.45) is 0 Å². The Morgan fingerprint density at radius 2 is 1.34 bits per heavy atom. The summed E-state index contributed by atoms with van der Waals surface area (Å²) < 4.78 is 1.37. The first-order valence-electron chi connectivity index (χ1n) is 10.8. The summed E-state index contributed by atoms with van der Waals surface area (Å²) in [6.07, 6.45) is 0. The Balaban J connectivity index is 1.22. The molecule has 2 aromatic heterocycles. The van der Waals surface area contributed by atoms with Crippen LogP contribution in [0.1, 0.15) is 29.7 Å². The summed E-state index contributed by atoms with van der Waals surface area (Å²) in [6, 6.07) is 17.6. The number of hydrogen-bond donors (Lipinski definition) is 3. The van der Waals surface area contributed by atoms with Gasteiger partial charge in [-0.3, -0.25) is 35.3 Å². The van der Waals surface area contributed by atoms with Crippen LogP contribution in [0, 0.1) is 10.1 Å². The summed E-state index contributed by atoms with van der Waals surface area (Å²) in [4.78, 5) is 48.8. The third-order valence-corrected chi connectivity index (χ3v) is 8.80. The van der Waals surface area contributed by atoms with Crippen LogP contribution in [0.15, 0.2) is 66.7 Å². The number of halogens is 2. The number of nitrogens with one attached hydrogen (secondary N) is 3. The fourth-order valence-corrected chi connectivity index (χ4v) is 6.47. The van der Waals surface area contributed by atoms with E-state index in [0.717, 1.165) is 21.4 Å². The van der Waals surface area contributed by atoms with E-state index < -0.39 is 16.7 Å². The molecule has 0 atom stereocenters. The molecule has 9 nitrogen and oxygen atoms in total. The topological polar surface area (TPSA) is 130 Å². The molecule has 0 spiro atoms. The number of amides is 3. The maximum atomic E-state index is 12.7. The van der Waals surface area contributed by atoms with Gasteiger partial charge in [0.25, 0.3) is 23.4 Å². The van der Waals surface area contributed by atoms with Gasteiger partial charge in [0.05, 0.1) is 15.0 Å². The number of benzene rings is 3. The van der Waals surface area contributed by atoms with Crippen molar-refractivity contribution in [1.82, 2.24) is 10.9 Å². The standard InChI is InChI=1S/C25H14Cl2N4O5S2/c26-19-15-3-1-2-4-17(15)37-21(19)24(33)28-13-7-5-12(6-8-13)23(32)29-30-25(34)22-20(27)16-10-9-14(31(35)36)11-18(16)38-22/h1-11H,(H,28,33)(H,29,32)(H,30,34). The van der Waals surface area contributed by atoms with Gasteiger partial charge in [0, 0.05) is 43.6 Å². The van der Waals surface area contributed by atoms with Gasteiger partial charge in [-0.05, 0) is 36.4 Å². The predicted octanol–water partition coefficient (Wildman–Crippen LogP) is 6.66. The second-order valence-electron chi connectivity index (χ2n) is 7.86. The van der Waals surface area contributed by atoms with Crippen molar-refractivity contribution in [3.8, 4) is 0 Å². The lowest BCUT2D eigenvalue weighted by Gasteiger charge is -2.08. The number of nitro benzene ring substituents is 1. The van der Waals surface area contributed by atoms with Crippen LogP contribution in [-0.2, 0) is 0 Å². The Hall–Kier alpha value is -4.03. The Kier molecular flexibility index (Phi) is 7.00. The molecule has 3 amide bonds. The highest BCUT2D eigenvalue weighted by atomic mass is 35.5. The lowest BCUT2D eigenvalue weighted by Crippen LogP contribution is -2.41. The second-order valence-corrected chi connectivity index (χ2v) is 10.7. The van der Waals surface area contributed by atoms with E-state index in [1.165, 1.54) is 41.7 Å². The van der Waals surface area contributed by atoms with Crippen LogP contribution in [0.25, 0.3) is 20.2 Å². The summed E-state index contributed by atoms with van der Waals surface area (Å²) >= 11 is 14.9. The van der Waals surface area contributed by atoms with E-state index in [4.69, 9.17) is 23.2 Å². The molecule has 38 heavy (non-hydrogen) atoms. The van der Waals surface area contributed by atoms with Gasteiger partial charge in [-0.1, -0.05) is 41.4 Å². The molecule has 190 valence electrons. The van der Waals surface area contributed by atoms with Crippen LogP contribution in [-0.4, -0.2) is 22.6 Å². The molecule has 0 aliphatic rings. The van der Waals surface area contributed by atoms with Crippen LogP contribution in [0.4, 0.5) is 11.4 Å². The Labute approximate surface area is 232 Å². The minimum Gasteiger partial charge on any atom is -0.321 e. The average Bonchev–Trinajstić information content (AvgIpc) is 3.44. The van der Waals surface area contributed by atoms with E-state index in [-0.39, 0.29) is 27.1 Å². The number of thiophene rings is 2. The maximum absolute atomic E-state index is 12.7. The number of hydrazine groups is 1. The molecular formula is C25H14Cl2N4O5S2. The van der Waals surface area contributed by atoms with Crippen molar-refractivity contribution in [2.75, 3.05) is 5.32 Å². The number of nitrogens with zero attached hydrogens (tertiary/aromatic N) is 1. The lowest BCUT2D eigenvalue weighted by molar-refractivity contribution is -0.384. The maximum Gasteiger partial charge on any atom is 0.281 e. The van der Waals surface area contributed by atoms with Gasteiger partial charge in [0.1, 0.15) is 9.75 Å². The van der Waals surface area contributed by atoms with Crippen molar-refractivity contribution in [3.05, 3.63) is 102 Å². The van der Waals surface area contributed by atoms with Gasteiger partial charge in [-0.15, -0.1) is 22.7 Å². The van der Waals surface area contributed by atoms with Gasteiger partial charge >= 0.3 is 0 Å². The van der Waals surface area contributed by atoms with Crippen molar-refractivity contribution in [3.63, 3.8) is 0 Å². The molecule has 2 heterocycles. The minimum atomic E-state index is -0.670. The largest absolute Gasteiger partial charge is 0.321 e. The summed E-state index contributed by atoms with van der Waals surface area (Å²) in [5.74, 6) is -1.64. The highest BCUT2D eigenvalue weighted by Gasteiger charge is 2.20. The van der Waals surface area contributed by atoms with Gasteiger partial charge in [-0.25, -0.2) is 0 Å². The molecule has 0 fully saturated rings. The number of carbonyl (C=O) groups excluding carboxylic acids is 3. The number of fused-ring (bicyclic) bond motifs is 2. The minimum absolute atomic E-state index is 0.0976. The zero-order chi connectivity index (χ0) is 27.0. The molecule has 0 saturated carbocycles. The summed E-state index contributed by atoms with van der Waals surface area (Å²) in [5.41, 5.74) is 5.15. The van der Waals surface area contributed by atoms with E-state index in [2.05, 4.69) is 16.2 Å². The third kappa shape index (κ3) is 4.92. The smallest absolute Gasteiger partial charge is 0.281 e. The Bertz CT molecular complexity index is 1770. The van der Waals surface area contributed by atoms with Crippen molar-refractivity contribution >= 4 is 95.1 Å². The summed E-state index contributed by atoms with van der Waals surface area (Å²) in [5, 5.41) is 15.6. The Morgan fingerprint density at radius 1 is 0.737 bits per heavy atom. The molecule has 5 rings (SSSR count). The number of non-ortho nitro benzene ring substituents is 1. The third-order valence-electron chi connectivity index (χ3n) is 5.47. The molecule has 3 aromatic carbocycles. The highest BCUT2D eigenvalue weighted by molar-refractivity contribution is 7.22. The number of nitro groups is 1. The molecule has 5 aromatic rings. The SMILES string of the molecule is O=C(NNC(=O)c1sc2cc([N+](=O)[O-])ccc2c1Cl)c1ccc(NC(=O)c2sc3ccccc3c2Cl)cc1. The van der Waals surface area contributed by atoms with Gasteiger partial charge in [0.2, 0.25) is 0 Å². The lowest BCUT2D eigenvalue weighted by atomic mass is 10.2. The van der Waals surface area contributed by atoms with Crippen LogP contribution in [0.3, 0.4) is 0 Å². The van der Waals surface area contributed by atoms with E-state index in [1.807, 2.05) is 24.3 Å². The molecule has 13 heteroatoms. The van der Waals surface area contributed by atoms with E-state index in [1.54, 1.807) is 12.1 Å². The van der Waals surface area contributed by atoms with Crippen LogP contribution in [0.5, 0.6) is 0 Å². The normalized spacial score (nSPS) is 10.9. The first-order chi connectivity index (χ1) is 18.2. The quantitative estimate of drug-likeness (QED) is 0.157. The number of rotatable bonds is 5. The molecular weight excluding hydrogens is 571 g/mol. The van der Waals surface area contributed by atoms with E-state index in [9.17, 15) is 24.5 Å².